The van der Waals surface area contributed by atoms with Crippen molar-refractivity contribution in [2.24, 2.45) is 0 Å². The van der Waals surface area contributed by atoms with E-state index in [4.69, 9.17) is 0 Å². The summed E-state index contributed by atoms with van der Waals surface area (Å²) in [4.78, 5) is 2.34. The van der Waals surface area contributed by atoms with Gasteiger partial charge in [0.05, 0.1) is 5.54 Å². The summed E-state index contributed by atoms with van der Waals surface area (Å²) in [6.07, 6.45) is 0.984. The van der Waals surface area contributed by atoms with Gasteiger partial charge in [0.15, 0.2) is 0 Å². The van der Waals surface area contributed by atoms with Crippen LogP contribution in [0.15, 0.2) is 42.5 Å². The van der Waals surface area contributed by atoms with Crippen molar-refractivity contribution in [3.8, 4) is 0 Å². The van der Waals surface area contributed by atoms with Crippen LogP contribution < -0.4 is 5.32 Å². The number of likely N-dealkylation sites (N-methyl/N-ethyl adjacent to an activating group) is 1. The maximum Gasteiger partial charge on any atom is 0.0651 e. The molecule has 0 aromatic heterocycles. The van der Waals surface area contributed by atoms with Gasteiger partial charge >= 0.3 is 0 Å². The van der Waals surface area contributed by atoms with E-state index in [1.54, 1.807) is 0 Å². The second kappa shape index (κ2) is 6.88. The van der Waals surface area contributed by atoms with Crippen molar-refractivity contribution < 1.29 is 0 Å². The first-order chi connectivity index (χ1) is 8.92. The third-order valence-corrected chi connectivity index (χ3v) is 3.95. The summed E-state index contributed by atoms with van der Waals surface area (Å²) >= 11 is 0. The Hall–Kier alpha value is -1.12. The smallest absolute Gasteiger partial charge is 0.0651 e. The zero-order valence-electron chi connectivity index (χ0n) is 13.0. The van der Waals surface area contributed by atoms with Gasteiger partial charge in [0, 0.05) is 12.7 Å². The minimum Gasteiger partial charge on any atom is -0.302 e. The van der Waals surface area contributed by atoms with Crippen molar-refractivity contribution in [2.75, 3.05) is 13.7 Å². The number of benzene rings is 1. The fourth-order valence-electron chi connectivity index (χ4n) is 2.28. The Bertz CT molecular complexity index is 397. The van der Waals surface area contributed by atoms with Crippen molar-refractivity contribution in [1.29, 1.82) is 0 Å². The van der Waals surface area contributed by atoms with Crippen LogP contribution in [0.3, 0.4) is 0 Å². The number of hydrogen-bond acceptors (Lipinski definition) is 2. The fraction of sp³-hybridized carbons (Fsp3) is 0.529. The average Bonchev–Trinajstić information content (AvgIpc) is 2.43. The lowest BCUT2D eigenvalue weighted by Crippen LogP contribution is -2.48. The van der Waals surface area contributed by atoms with Crippen molar-refractivity contribution in [2.45, 2.75) is 45.7 Å². The predicted octanol–water partition coefficient (Wildman–Crippen LogP) is 3.76. The number of nitrogens with zero attached hydrogens (tertiary/aromatic N) is 1. The summed E-state index contributed by atoms with van der Waals surface area (Å²) in [5.74, 6) is 0. The highest BCUT2D eigenvalue weighted by atomic mass is 15.3. The molecule has 2 heteroatoms. The molecule has 0 aliphatic carbocycles. The maximum atomic E-state index is 4.30. The highest BCUT2D eigenvalue weighted by Gasteiger charge is 2.33. The maximum absolute atomic E-state index is 4.30. The minimum atomic E-state index is -0.127. The molecule has 0 heterocycles. The van der Waals surface area contributed by atoms with Crippen LogP contribution in [-0.2, 0) is 5.54 Å². The van der Waals surface area contributed by atoms with Gasteiger partial charge in [0.1, 0.15) is 0 Å². The molecule has 1 rings (SSSR count). The summed E-state index contributed by atoms with van der Waals surface area (Å²) < 4.78 is 0. The molecule has 1 atom stereocenters. The molecule has 0 spiro atoms. The Balaban J connectivity index is 3.03. The van der Waals surface area contributed by atoms with Crippen LogP contribution in [0.1, 0.15) is 39.7 Å². The van der Waals surface area contributed by atoms with Gasteiger partial charge in [-0.25, -0.2) is 0 Å². The Kier molecular flexibility index (Phi) is 5.77. The number of hydrogen-bond donors (Lipinski definition) is 1. The van der Waals surface area contributed by atoms with E-state index in [1.807, 2.05) is 0 Å². The average molecular weight is 260 g/mol. The highest BCUT2D eigenvalue weighted by Crippen LogP contribution is 2.35. The zero-order valence-corrected chi connectivity index (χ0v) is 13.0. The Morgan fingerprint density at radius 3 is 2.37 bits per heavy atom. The molecule has 106 valence electrons. The highest BCUT2D eigenvalue weighted by molar-refractivity contribution is 5.33. The van der Waals surface area contributed by atoms with Gasteiger partial charge in [-0.15, -0.1) is 0 Å². The van der Waals surface area contributed by atoms with E-state index in [2.05, 4.69) is 81.9 Å². The quantitative estimate of drug-likeness (QED) is 0.593. The van der Waals surface area contributed by atoms with E-state index < -0.39 is 0 Å². The van der Waals surface area contributed by atoms with Gasteiger partial charge < -0.3 is 5.32 Å². The largest absolute Gasteiger partial charge is 0.302 e. The first-order valence-electron chi connectivity index (χ1n) is 7.11. The molecule has 0 saturated heterocycles. The van der Waals surface area contributed by atoms with Gasteiger partial charge in [-0.3, -0.25) is 4.90 Å². The Morgan fingerprint density at radius 2 is 1.89 bits per heavy atom. The zero-order chi connectivity index (χ0) is 14.5. The standard InChI is InChI=1S/C17H28N2/c1-7-15(4)17(5,16-11-9-8-10-12-16)19(6)13-18-14(2)3/h8-12,14,18H,4,7,13H2,1-3,5-6H3. The number of rotatable bonds is 7. The number of nitrogens with one attached hydrogen (secondary N) is 1. The SMILES string of the molecule is C=C(CC)C(C)(c1ccccc1)N(C)CNC(C)C. The Labute approximate surface area is 118 Å². The van der Waals surface area contributed by atoms with Crippen LogP contribution in [0, 0.1) is 0 Å². The molecule has 1 N–H and O–H groups in total. The molecule has 0 radical (unpaired) electrons. The predicted molar refractivity (Wildman–Crippen MR) is 84.1 cm³/mol. The lowest BCUT2D eigenvalue weighted by atomic mass is 9.82. The summed E-state index contributed by atoms with van der Waals surface area (Å²) in [7, 11) is 2.16. The third-order valence-electron chi connectivity index (χ3n) is 3.95. The normalized spacial score (nSPS) is 14.7. The molecule has 2 nitrogen and oxygen atoms in total. The van der Waals surface area contributed by atoms with Gasteiger partial charge in [0.2, 0.25) is 0 Å². The van der Waals surface area contributed by atoms with E-state index in [1.165, 1.54) is 11.1 Å². The molecular weight excluding hydrogens is 232 g/mol. The molecule has 0 fully saturated rings. The van der Waals surface area contributed by atoms with Crippen LogP contribution in [0.4, 0.5) is 0 Å². The summed E-state index contributed by atoms with van der Waals surface area (Å²) in [5, 5.41) is 3.48. The molecule has 1 aromatic rings. The van der Waals surface area contributed by atoms with E-state index >= 15 is 0 Å². The summed E-state index contributed by atoms with van der Waals surface area (Å²) in [5.41, 5.74) is 2.42. The molecular formula is C17H28N2. The van der Waals surface area contributed by atoms with Crippen LogP contribution in [0.2, 0.25) is 0 Å². The molecule has 1 aromatic carbocycles. The van der Waals surface area contributed by atoms with Gasteiger partial charge in [-0.05, 0) is 39.8 Å². The first-order valence-corrected chi connectivity index (χ1v) is 7.11. The molecule has 0 aliphatic heterocycles. The molecule has 0 aliphatic rings. The summed E-state index contributed by atoms with van der Waals surface area (Å²) in [6.45, 7) is 13.9. The Morgan fingerprint density at radius 1 is 1.32 bits per heavy atom. The van der Waals surface area contributed by atoms with E-state index in [0.29, 0.717) is 6.04 Å². The summed E-state index contributed by atoms with van der Waals surface area (Å²) in [6, 6.07) is 11.1. The van der Waals surface area contributed by atoms with Crippen molar-refractivity contribution in [3.05, 3.63) is 48.0 Å². The topological polar surface area (TPSA) is 15.3 Å². The van der Waals surface area contributed by atoms with E-state index in [-0.39, 0.29) is 5.54 Å². The lowest BCUT2D eigenvalue weighted by molar-refractivity contribution is 0.153. The monoisotopic (exact) mass is 260 g/mol. The molecule has 0 amide bonds. The van der Waals surface area contributed by atoms with E-state index in [0.717, 1.165) is 13.1 Å². The first kappa shape index (κ1) is 15.9. The van der Waals surface area contributed by atoms with Crippen LogP contribution >= 0.6 is 0 Å². The molecule has 0 bridgehead atoms. The minimum absolute atomic E-state index is 0.127. The molecule has 1 unspecified atom stereocenters. The van der Waals surface area contributed by atoms with Crippen LogP contribution in [-0.4, -0.2) is 24.7 Å². The fourth-order valence-corrected chi connectivity index (χ4v) is 2.28. The van der Waals surface area contributed by atoms with E-state index in [9.17, 15) is 0 Å². The van der Waals surface area contributed by atoms with Crippen molar-refractivity contribution in [3.63, 3.8) is 0 Å². The second-order valence-electron chi connectivity index (χ2n) is 5.61. The van der Waals surface area contributed by atoms with Crippen molar-refractivity contribution >= 4 is 0 Å². The second-order valence-corrected chi connectivity index (χ2v) is 5.61. The third kappa shape index (κ3) is 3.68. The van der Waals surface area contributed by atoms with Gasteiger partial charge in [0.25, 0.3) is 0 Å². The molecule has 0 saturated carbocycles. The lowest BCUT2D eigenvalue weighted by Gasteiger charge is -2.41. The van der Waals surface area contributed by atoms with Crippen LogP contribution in [0.5, 0.6) is 0 Å². The molecule has 19 heavy (non-hydrogen) atoms. The van der Waals surface area contributed by atoms with Crippen LogP contribution in [0.25, 0.3) is 0 Å². The van der Waals surface area contributed by atoms with Gasteiger partial charge in [-0.2, -0.15) is 0 Å². The van der Waals surface area contributed by atoms with Crippen molar-refractivity contribution in [1.82, 2.24) is 10.2 Å². The van der Waals surface area contributed by atoms with Gasteiger partial charge in [-0.1, -0.05) is 49.4 Å².